The number of hydrogen-bond donors (Lipinski definition) is 1. The number of carbonyl (C=O) groups excluding carboxylic acids is 1. The molecule has 0 aliphatic heterocycles. The Labute approximate surface area is 149 Å². The van der Waals surface area contributed by atoms with Gasteiger partial charge < -0.3 is 9.32 Å². The lowest BCUT2D eigenvalue weighted by molar-refractivity contribution is -0.0631. The summed E-state index contributed by atoms with van der Waals surface area (Å²) in [6.45, 7) is 0.740. The van der Waals surface area contributed by atoms with Crippen molar-refractivity contribution >= 4 is 15.9 Å². The molecule has 4 fully saturated rings. The number of carbonyl (C=O) groups is 1. The molecule has 4 bridgehead atoms. The molecule has 1 aromatic heterocycles. The van der Waals surface area contributed by atoms with Gasteiger partial charge in [-0.05, 0) is 80.9 Å². The maximum Gasteiger partial charge on any atom is 0.289 e. The number of rotatable bonds is 5. The van der Waals surface area contributed by atoms with Gasteiger partial charge >= 0.3 is 0 Å². The second-order valence-corrected chi connectivity index (χ2v) is 10.2. The van der Waals surface area contributed by atoms with Gasteiger partial charge in [-0.15, -0.1) is 0 Å². The summed E-state index contributed by atoms with van der Waals surface area (Å²) >= 11 is 0. The van der Waals surface area contributed by atoms with Crippen LogP contribution in [0.5, 0.6) is 0 Å². The van der Waals surface area contributed by atoms with E-state index in [0.29, 0.717) is 0 Å². The molecule has 0 aromatic carbocycles. The molecule has 1 heterocycles. The van der Waals surface area contributed by atoms with E-state index in [-0.39, 0.29) is 22.2 Å². The molecule has 0 unspecified atom stereocenters. The number of amides is 1. The van der Waals surface area contributed by atoms with E-state index in [2.05, 4.69) is 4.72 Å². The first kappa shape index (κ1) is 17.1. The molecular formula is C18H26N2O4S. The lowest BCUT2D eigenvalue weighted by Gasteiger charge is -2.57. The van der Waals surface area contributed by atoms with Crippen molar-refractivity contribution in [1.82, 2.24) is 9.62 Å². The molecule has 4 aliphatic carbocycles. The second kappa shape index (κ2) is 5.84. The number of nitrogens with zero attached hydrogens (tertiary/aromatic N) is 1. The molecule has 1 amide bonds. The topological polar surface area (TPSA) is 79.6 Å². The summed E-state index contributed by atoms with van der Waals surface area (Å²) in [5.74, 6) is 2.36. The van der Waals surface area contributed by atoms with Gasteiger partial charge in [0.15, 0.2) is 5.76 Å². The predicted molar refractivity (Wildman–Crippen MR) is 92.5 cm³/mol. The summed E-state index contributed by atoms with van der Waals surface area (Å²) in [4.78, 5) is 14.4. The molecule has 4 aliphatic rings. The quantitative estimate of drug-likeness (QED) is 0.868. The fourth-order valence-electron chi connectivity index (χ4n) is 5.93. The molecule has 138 valence electrons. The third kappa shape index (κ3) is 3.01. The van der Waals surface area contributed by atoms with E-state index in [1.54, 1.807) is 11.9 Å². The summed E-state index contributed by atoms with van der Waals surface area (Å²) < 4.78 is 31.0. The molecule has 0 atom stereocenters. The SMILES string of the molecule is CNS(=O)(=O)c1ccc(C(=O)N(C)CC23CC4CC(CC(C4)C2)C3)o1. The van der Waals surface area contributed by atoms with Crippen LogP contribution in [0.15, 0.2) is 21.6 Å². The number of hydrogen-bond acceptors (Lipinski definition) is 4. The molecule has 6 nitrogen and oxygen atoms in total. The van der Waals surface area contributed by atoms with E-state index >= 15 is 0 Å². The lowest BCUT2D eigenvalue weighted by Crippen LogP contribution is -2.51. The van der Waals surface area contributed by atoms with Crippen molar-refractivity contribution in [2.24, 2.45) is 23.2 Å². The largest absolute Gasteiger partial charge is 0.438 e. The van der Waals surface area contributed by atoms with E-state index < -0.39 is 10.0 Å². The van der Waals surface area contributed by atoms with E-state index in [0.717, 1.165) is 24.3 Å². The Bertz CT molecular complexity index is 747. The Kier molecular flexibility index (Phi) is 3.99. The van der Waals surface area contributed by atoms with E-state index in [1.165, 1.54) is 57.7 Å². The highest BCUT2D eigenvalue weighted by Gasteiger charge is 2.51. The van der Waals surface area contributed by atoms with Crippen LogP contribution in [0.3, 0.4) is 0 Å². The van der Waals surface area contributed by atoms with Crippen molar-refractivity contribution in [3.05, 3.63) is 17.9 Å². The second-order valence-electron chi connectivity index (χ2n) is 8.41. The number of nitrogens with one attached hydrogen (secondary N) is 1. The molecule has 7 heteroatoms. The Morgan fingerprint density at radius 3 is 2.28 bits per heavy atom. The minimum atomic E-state index is -3.67. The molecular weight excluding hydrogens is 340 g/mol. The first-order valence-electron chi connectivity index (χ1n) is 9.09. The van der Waals surface area contributed by atoms with Gasteiger partial charge in [-0.2, -0.15) is 0 Å². The van der Waals surface area contributed by atoms with Gasteiger partial charge in [0.2, 0.25) is 5.09 Å². The Hall–Kier alpha value is -1.34. The molecule has 0 radical (unpaired) electrons. The van der Waals surface area contributed by atoms with E-state index in [4.69, 9.17) is 4.42 Å². The third-order valence-electron chi connectivity index (χ3n) is 6.41. The maximum atomic E-state index is 12.7. The van der Waals surface area contributed by atoms with Crippen LogP contribution >= 0.6 is 0 Å². The summed E-state index contributed by atoms with van der Waals surface area (Å²) in [6, 6.07) is 2.78. The summed E-state index contributed by atoms with van der Waals surface area (Å²) in [5, 5.41) is -0.221. The van der Waals surface area contributed by atoms with E-state index in [9.17, 15) is 13.2 Å². The minimum absolute atomic E-state index is 0.0843. The van der Waals surface area contributed by atoms with Crippen LogP contribution in [0.1, 0.15) is 49.1 Å². The minimum Gasteiger partial charge on any atom is -0.438 e. The summed E-state index contributed by atoms with van der Waals surface area (Å²) in [5.41, 5.74) is 0.256. The highest BCUT2D eigenvalue weighted by atomic mass is 32.2. The van der Waals surface area contributed by atoms with Crippen molar-refractivity contribution in [1.29, 1.82) is 0 Å². The highest BCUT2D eigenvalue weighted by Crippen LogP contribution is 2.60. The fourth-order valence-corrected chi connectivity index (χ4v) is 6.57. The molecule has 0 spiro atoms. The smallest absolute Gasteiger partial charge is 0.289 e. The van der Waals surface area contributed by atoms with Gasteiger partial charge in [-0.3, -0.25) is 4.79 Å². The molecule has 1 N–H and O–H groups in total. The normalized spacial score (nSPS) is 33.6. The standard InChI is InChI=1S/C18H26N2O4S/c1-19-25(22,23)16-4-3-15(24-16)17(21)20(2)11-18-8-12-5-13(9-18)7-14(6-12)10-18/h3-4,12-14,19H,5-11H2,1-2H3. The fraction of sp³-hybridized carbons (Fsp3) is 0.722. The zero-order valence-corrected chi connectivity index (χ0v) is 15.6. The first-order chi connectivity index (χ1) is 11.8. The van der Waals surface area contributed by atoms with Crippen molar-refractivity contribution in [3.8, 4) is 0 Å². The zero-order valence-electron chi connectivity index (χ0n) is 14.8. The van der Waals surface area contributed by atoms with Crippen LogP contribution in [0.4, 0.5) is 0 Å². The van der Waals surface area contributed by atoms with Crippen molar-refractivity contribution in [2.75, 3.05) is 20.6 Å². The Balaban J connectivity index is 1.48. The van der Waals surface area contributed by atoms with Crippen LogP contribution in [-0.2, 0) is 10.0 Å². The summed E-state index contributed by atoms with van der Waals surface area (Å²) in [6.07, 6.45) is 7.82. The molecule has 0 saturated heterocycles. The lowest BCUT2D eigenvalue weighted by atomic mass is 9.49. The van der Waals surface area contributed by atoms with Crippen LogP contribution in [0.2, 0.25) is 0 Å². The Morgan fingerprint density at radius 2 is 1.76 bits per heavy atom. The van der Waals surface area contributed by atoms with Gasteiger partial charge in [-0.1, -0.05) is 0 Å². The van der Waals surface area contributed by atoms with Gasteiger partial charge in [0.1, 0.15) is 0 Å². The van der Waals surface area contributed by atoms with Gasteiger partial charge in [0.25, 0.3) is 15.9 Å². The van der Waals surface area contributed by atoms with Gasteiger partial charge in [-0.25, -0.2) is 13.1 Å². The predicted octanol–water partition coefficient (Wildman–Crippen LogP) is 2.48. The average molecular weight is 366 g/mol. The molecule has 1 aromatic rings. The molecule has 4 saturated carbocycles. The number of sulfonamides is 1. The first-order valence-corrected chi connectivity index (χ1v) is 10.6. The molecule has 25 heavy (non-hydrogen) atoms. The zero-order chi connectivity index (χ0) is 17.8. The van der Waals surface area contributed by atoms with Crippen molar-refractivity contribution in [3.63, 3.8) is 0 Å². The van der Waals surface area contributed by atoms with E-state index in [1.807, 2.05) is 0 Å². The maximum absolute atomic E-state index is 12.7. The van der Waals surface area contributed by atoms with Gasteiger partial charge in [0.05, 0.1) is 0 Å². The van der Waals surface area contributed by atoms with Crippen LogP contribution in [-0.4, -0.2) is 39.9 Å². The van der Waals surface area contributed by atoms with Crippen molar-refractivity contribution < 1.29 is 17.6 Å². The highest BCUT2D eigenvalue weighted by molar-refractivity contribution is 7.89. The Morgan fingerprint density at radius 1 is 1.20 bits per heavy atom. The van der Waals surface area contributed by atoms with Crippen LogP contribution in [0, 0.1) is 23.2 Å². The average Bonchev–Trinajstić information content (AvgIpc) is 3.03. The van der Waals surface area contributed by atoms with Gasteiger partial charge in [0, 0.05) is 13.6 Å². The third-order valence-corrected chi connectivity index (χ3v) is 7.70. The van der Waals surface area contributed by atoms with Crippen molar-refractivity contribution in [2.45, 2.75) is 43.6 Å². The van der Waals surface area contributed by atoms with Crippen LogP contribution in [0.25, 0.3) is 0 Å². The summed E-state index contributed by atoms with van der Waals surface area (Å²) in [7, 11) is -0.548. The monoisotopic (exact) mass is 366 g/mol. The molecule has 5 rings (SSSR count). The number of furan rings is 1. The van der Waals surface area contributed by atoms with Crippen LogP contribution < -0.4 is 4.72 Å².